The highest BCUT2D eigenvalue weighted by Crippen LogP contribution is 2.40. The van der Waals surface area contributed by atoms with Gasteiger partial charge in [-0.3, -0.25) is 10.1 Å². The third-order valence-corrected chi connectivity index (χ3v) is 3.14. The molecule has 0 unspecified atom stereocenters. The van der Waals surface area contributed by atoms with Crippen LogP contribution in [0.3, 0.4) is 0 Å². The van der Waals surface area contributed by atoms with Crippen molar-refractivity contribution in [3.05, 3.63) is 33.9 Å². The lowest BCUT2D eigenvalue weighted by atomic mass is 10.1. The van der Waals surface area contributed by atoms with E-state index in [2.05, 4.69) is 0 Å². The first-order valence-electron chi connectivity index (χ1n) is 6.07. The van der Waals surface area contributed by atoms with Crippen LogP contribution in [0.15, 0.2) is 18.2 Å². The molecule has 0 aromatic heterocycles. The van der Waals surface area contributed by atoms with Crippen molar-refractivity contribution in [3.8, 4) is 0 Å². The zero-order valence-electron chi connectivity index (χ0n) is 10.4. The van der Waals surface area contributed by atoms with Gasteiger partial charge in [-0.25, -0.2) is 0 Å². The smallest absolute Gasteiger partial charge is 0.395 e. The molecule has 1 aromatic rings. The lowest BCUT2D eigenvalue weighted by molar-refractivity contribution is -0.384. The van der Waals surface area contributed by atoms with Gasteiger partial charge in [0.1, 0.15) is 5.69 Å². The third kappa shape index (κ3) is 3.01. The fraction of sp³-hybridized carbons (Fsp3) is 0.500. The van der Waals surface area contributed by atoms with Gasteiger partial charge in [0.15, 0.2) is 0 Å². The van der Waals surface area contributed by atoms with Gasteiger partial charge >= 0.3 is 6.18 Å². The Labute approximate surface area is 112 Å². The van der Waals surface area contributed by atoms with Gasteiger partial charge in [0.25, 0.3) is 5.69 Å². The molecular weight excluding hydrogens is 277 g/mol. The van der Waals surface area contributed by atoms with Crippen LogP contribution >= 0.6 is 0 Å². The van der Waals surface area contributed by atoms with Gasteiger partial charge < -0.3 is 10.0 Å². The van der Waals surface area contributed by atoms with Crippen molar-refractivity contribution in [2.75, 3.05) is 18.1 Å². The van der Waals surface area contributed by atoms with Crippen LogP contribution in [0.5, 0.6) is 0 Å². The van der Waals surface area contributed by atoms with E-state index >= 15 is 0 Å². The van der Waals surface area contributed by atoms with Crippen molar-refractivity contribution in [3.63, 3.8) is 0 Å². The molecule has 0 amide bonds. The number of benzene rings is 1. The Kier molecular flexibility index (Phi) is 3.85. The van der Waals surface area contributed by atoms with Crippen LogP contribution < -0.4 is 4.90 Å². The second-order valence-corrected chi connectivity index (χ2v) is 4.61. The van der Waals surface area contributed by atoms with E-state index in [1.54, 1.807) is 4.90 Å². The molecule has 110 valence electrons. The highest BCUT2D eigenvalue weighted by atomic mass is 19.4. The highest BCUT2D eigenvalue weighted by Gasteiger charge is 2.36. The predicted octanol–water partition coefficient (Wildman–Crippen LogP) is 2.57. The number of nitrogens with zero attached hydrogens (tertiary/aromatic N) is 2. The normalized spacial score (nSPS) is 15.2. The number of nitro benzene ring substituents is 1. The minimum atomic E-state index is -4.62. The van der Waals surface area contributed by atoms with Crippen molar-refractivity contribution in [2.45, 2.75) is 25.1 Å². The van der Waals surface area contributed by atoms with Crippen LogP contribution in [0.1, 0.15) is 18.4 Å². The number of alkyl halides is 3. The largest absolute Gasteiger partial charge is 0.416 e. The van der Waals surface area contributed by atoms with Gasteiger partial charge in [-0.05, 0) is 25.0 Å². The Bertz CT molecular complexity index is 515. The Balaban J connectivity index is 2.44. The van der Waals surface area contributed by atoms with Crippen LogP contribution in [0.2, 0.25) is 0 Å². The molecule has 0 aliphatic heterocycles. The van der Waals surface area contributed by atoms with Crippen LogP contribution in [-0.2, 0) is 6.18 Å². The van der Waals surface area contributed by atoms with E-state index in [1.807, 2.05) is 0 Å². The fourth-order valence-corrected chi connectivity index (χ4v) is 2.08. The number of hydrogen-bond donors (Lipinski definition) is 1. The molecule has 1 fully saturated rings. The molecule has 8 heteroatoms. The minimum Gasteiger partial charge on any atom is -0.395 e. The standard InChI is InChI=1S/C12H13F3N2O3/c13-12(14,15)8-1-4-10(11(7-8)17(19)20)16(5-6-18)9-2-3-9/h1,4,7,9,18H,2-3,5-6H2. The van der Waals surface area contributed by atoms with Gasteiger partial charge in [-0.2, -0.15) is 13.2 Å². The topological polar surface area (TPSA) is 66.6 Å². The molecule has 0 saturated heterocycles. The Morgan fingerprint density at radius 2 is 2.05 bits per heavy atom. The average molecular weight is 290 g/mol. The number of aliphatic hydroxyl groups is 1. The summed E-state index contributed by atoms with van der Waals surface area (Å²) < 4.78 is 37.8. The van der Waals surface area contributed by atoms with Crippen LogP contribution in [-0.4, -0.2) is 29.2 Å². The Hall–Kier alpha value is -1.83. The molecule has 0 spiro atoms. The predicted molar refractivity (Wildman–Crippen MR) is 65.6 cm³/mol. The summed E-state index contributed by atoms with van der Waals surface area (Å²) in [5.74, 6) is 0. The van der Waals surface area contributed by atoms with E-state index in [4.69, 9.17) is 5.11 Å². The number of aliphatic hydroxyl groups excluding tert-OH is 1. The number of halogens is 3. The summed E-state index contributed by atoms with van der Waals surface area (Å²) in [6, 6.07) is 2.53. The number of hydrogen-bond acceptors (Lipinski definition) is 4. The number of anilines is 1. The van der Waals surface area contributed by atoms with Crippen molar-refractivity contribution in [2.24, 2.45) is 0 Å². The van der Waals surface area contributed by atoms with Crippen LogP contribution in [0.25, 0.3) is 0 Å². The molecule has 1 saturated carbocycles. The monoisotopic (exact) mass is 290 g/mol. The molecule has 1 aliphatic carbocycles. The summed E-state index contributed by atoms with van der Waals surface area (Å²) in [6.07, 6.45) is -2.99. The summed E-state index contributed by atoms with van der Waals surface area (Å²) in [7, 11) is 0. The minimum absolute atomic E-state index is 0.0533. The molecule has 1 N–H and O–H groups in total. The molecule has 0 bridgehead atoms. The number of rotatable bonds is 5. The van der Waals surface area contributed by atoms with Crippen LogP contribution in [0, 0.1) is 10.1 Å². The summed E-state index contributed by atoms with van der Waals surface area (Å²) in [5, 5.41) is 20.0. The zero-order chi connectivity index (χ0) is 14.9. The van der Waals surface area contributed by atoms with Crippen molar-refractivity contribution >= 4 is 11.4 Å². The lowest BCUT2D eigenvalue weighted by Crippen LogP contribution is -2.29. The van der Waals surface area contributed by atoms with E-state index in [9.17, 15) is 23.3 Å². The van der Waals surface area contributed by atoms with Crippen molar-refractivity contribution in [1.29, 1.82) is 0 Å². The first-order valence-corrected chi connectivity index (χ1v) is 6.07. The molecule has 2 rings (SSSR count). The van der Waals surface area contributed by atoms with Crippen LogP contribution in [0.4, 0.5) is 24.5 Å². The maximum atomic E-state index is 12.6. The fourth-order valence-electron chi connectivity index (χ4n) is 2.08. The first-order chi connectivity index (χ1) is 9.34. The first kappa shape index (κ1) is 14.6. The van der Waals surface area contributed by atoms with E-state index in [-0.39, 0.29) is 24.9 Å². The molecule has 0 atom stereocenters. The molecular formula is C12H13F3N2O3. The quantitative estimate of drug-likeness (QED) is 0.668. The van der Waals surface area contributed by atoms with Gasteiger partial charge in [0, 0.05) is 18.7 Å². The molecule has 0 radical (unpaired) electrons. The average Bonchev–Trinajstić information content (AvgIpc) is 3.18. The van der Waals surface area contributed by atoms with E-state index in [0.29, 0.717) is 6.07 Å². The molecule has 1 aliphatic rings. The second-order valence-electron chi connectivity index (χ2n) is 4.61. The van der Waals surface area contributed by atoms with Gasteiger partial charge in [0.05, 0.1) is 17.1 Å². The summed E-state index contributed by atoms with van der Waals surface area (Å²) in [5.41, 5.74) is -1.51. The summed E-state index contributed by atoms with van der Waals surface area (Å²) in [6.45, 7) is -0.0501. The third-order valence-electron chi connectivity index (χ3n) is 3.14. The number of nitro groups is 1. The molecule has 5 nitrogen and oxygen atoms in total. The van der Waals surface area contributed by atoms with Gasteiger partial charge in [-0.15, -0.1) is 0 Å². The lowest BCUT2D eigenvalue weighted by Gasteiger charge is -2.23. The Morgan fingerprint density at radius 3 is 2.50 bits per heavy atom. The van der Waals surface area contributed by atoms with E-state index < -0.39 is 22.4 Å². The van der Waals surface area contributed by atoms with Crippen molar-refractivity contribution in [1.82, 2.24) is 0 Å². The second kappa shape index (κ2) is 5.28. The maximum absolute atomic E-state index is 12.6. The van der Waals surface area contributed by atoms with Gasteiger partial charge in [0.2, 0.25) is 0 Å². The summed E-state index contributed by atoms with van der Waals surface area (Å²) >= 11 is 0. The zero-order valence-corrected chi connectivity index (χ0v) is 10.4. The Morgan fingerprint density at radius 1 is 1.40 bits per heavy atom. The van der Waals surface area contributed by atoms with Crippen molar-refractivity contribution < 1.29 is 23.2 Å². The van der Waals surface area contributed by atoms with Gasteiger partial charge in [-0.1, -0.05) is 0 Å². The molecule has 1 aromatic carbocycles. The molecule has 0 heterocycles. The van der Waals surface area contributed by atoms with E-state index in [0.717, 1.165) is 25.0 Å². The highest BCUT2D eigenvalue weighted by molar-refractivity contribution is 5.65. The SMILES string of the molecule is O=[N+]([O-])c1cc(C(F)(F)F)ccc1N(CCO)C1CC1. The summed E-state index contributed by atoms with van der Waals surface area (Å²) in [4.78, 5) is 11.8. The van der Waals surface area contributed by atoms with E-state index in [1.165, 1.54) is 0 Å². The maximum Gasteiger partial charge on any atom is 0.416 e. The molecule has 20 heavy (non-hydrogen) atoms.